The Labute approximate surface area is 271 Å². The molecule has 0 unspecified atom stereocenters. The fourth-order valence-corrected chi connectivity index (χ4v) is 7.07. The van der Waals surface area contributed by atoms with Crippen molar-refractivity contribution in [2.75, 3.05) is 20.8 Å². The zero-order chi connectivity index (χ0) is 32.5. The molecule has 0 radical (unpaired) electrons. The molecule has 1 atom stereocenters. The van der Waals surface area contributed by atoms with Crippen molar-refractivity contribution in [1.82, 2.24) is 9.13 Å². The molecule has 0 fully saturated rings. The predicted molar refractivity (Wildman–Crippen MR) is 181 cm³/mol. The number of carbonyl (C=O) groups excluding carboxylic acids is 1. The summed E-state index contributed by atoms with van der Waals surface area (Å²) in [4.78, 5) is 32.7. The minimum absolute atomic E-state index is 0.198. The molecule has 2 aromatic heterocycles. The number of aryl methyl sites for hydroxylation is 1. The highest BCUT2D eigenvalue weighted by molar-refractivity contribution is 7.07. The van der Waals surface area contributed by atoms with E-state index in [1.54, 1.807) is 44.8 Å². The number of hydrogen-bond donors (Lipinski definition) is 0. The van der Waals surface area contributed by atoms with Crippen LogP contribution in [-0.2, 0) is 9.53 Å². The lowest BCUT2D eigenvalue weighted by Gasteiger charge is -2.25. The summed E-state index contributed by atoms with van der Waals surface area (Å²) in [6, 6.07) is 25.5. The third-order valence-electron chi connectivity index (χ3n) is 8.23. The second kappa shape index (κ2) is 12.7. The molecule has 6 rings (SSSR count). The Morgan fingerprint density at radius 1 is 0.913 bits per heavy atom. The van der Waals surface area contributed by atoms with Gasteiger partial charge in [0.05, 0.1) is 42.7 Å². The first-order valence-electron chi connectivity index (χ1n) is 15.0. The van der Waals surface area contributed by atoms with E-state index in [4.69, 9.17) is 19.2 Å². The van der Waals surface area contributed by atoms with Gasteiger partial charge in [-0.3, -0.25) is 9.36 Å². The van der Waals surface area contributed by atoms with Crippen molar-refractivity contribution in [2.45, 2.75) is 33.7 Å². The van der Waals surface area contributed by atoms with Gasteiger partial charge >= 0.3 is 5.97 Å². The number of hydrogen-bond acceptors (Lipinski definition) is 7. The van der Waals surface area contributed by atoms with Crippen molar-refractivity contribution < 1.29 is 19.0 Å². The van der Waals surface area contributed by atoms with E-state index in [0.29, 0.717) is 37.7 Å². The monoisotopic (exact) mass is 633 g/mol. The van der Waals surface area contributed by atoms with E-state index in [1.165, 1.54) is 16.9 Å². The minimum atomic E-state index is -0.757. The van der Waals surface area contributed by atoms with Gasteiger partial charge in [0, 0.05) is 17.1 Å². The molecule has 0 saturated heterocycles. The van der Waals surface area contributed by atoms with Crippen LogP contribution < -0.4 is 24.4 Å². The van der Waals surface area contributed by atoms with Gasteiger partial charge in [0.2, 0.25) is 0 Å². The zero-order valence-corrected chi connectivity index (χ0v) is 27.5. The molecule has 46 heavy (non-hydrogen) atoms. The summed E-state index contributed by atoms with van der Waals surface area (Å²) in [5.74, 6) is 0.519. The van der Waals surface area contributed by atoms with Gasteiger partial charge in [-0.2, -0.15) is 0 Å². The van der Waals surface area contributed by atoms with E-state index in [2.05, 4.69) is 60.9 Å². The number of fused-ring (bicyclic) bond motifs is 1. The normalized spacial score (nSPS) is 14.6. The molecular weight excluding hydrogens is 598 g/mol. The van der Waals surface area contributed by atoms with Gasteiger partial charge in [-0.15, -0.1) is 0 Å². The number of nitrogens with zero attached hydrogens (tertiary/aromatic N) is 3. The van der Waals surface area contributed by atoms with Crippen LogP contribution in [0.3, 0.4) is 0 Å². The molecule has 0 amide bonds. The van der Waals surface area contributed by atoms with Crippen molar-refractivity contribution >= 4 is 23.4 Å². The molecular formula is C37H35N3O5S. The topological polar surface area (TPSA) is 84.1 Å². The summed E-state index contributed by atoms with van der Waals surface area (Å²) in [6.45, 7) is 7.83. The molecule has 3 heterocycles. The molecule has 234 valence electrons. The Kier molecular flexibility index (Phi) is 8.51. The van der Waals surface area contributed by atoms with E-state index in [0.717, 1.165) is 28.2 Å². The lowest BCUT2D eigenvalue weighted by Crippen LogP contribution is -2.40. The number of thiazole rings is 1. The Hall–Kier alpha value is -5.15. The first-order chi connectivity index (χ1) is 22.2. The van der Waals surface area contributed by atoms with Gasteiger partial charge in [-0.05, 0) is 86.4 Å². The SMILES string of the molecule is CCOC(=O)C1=C(C)N=c2s/c(=C\c3cc(C)n(-c4ccc(-c5ccccc5)cc4)c3C)c(=O)n2[C@H]1c1ccc(OC)c(OC)c1. The van der Waals surface area contributed by atoms with Gasteiger partial charge in [-0.25, -0.2) is 9.79 Å². The van der Waals surface area contributed by atoms with E-state index >= 15 is 0 Å². The summed E-state index contributed by atoms with van der Waals surface area (Å²) in [6.07, 6.45) is 1.91. The number of ether oxygens (including phenoxy) is 3. The first kappa shape index (κ1) is 30.9. The van der Waals surface area contributed by atoms with E-state index in [1.807, 2.05) is 30.3 Å². The van der Waals surface area contributed by atoms with E-state index in [-0.39, 0.29) is 12.2 Å². The third kappa shape index (κ3) is 5.47. The molecule has 0 saturated carbocycles. The van der Waals surface area contributed by atoms with Crippen LogP contribution in [0.5, 0.6) is 11.5 Å². The maximum Gasteiger partial charge on any atom is 0.338 e. The Morgan fingerprint density at radius 2 is 1.61 bits per heavy atom. The number of benzene rings is 3. The van der Waals surface area contributed by atoms with Crippen molar-refractivity contribution in [1.29, 1.82) is 0 Å². The van der Waals surface area contributed by atoms with Crippen LogP contribution in [0.15, 0.2) is 99.9 Å². The average molecular weight is 634 g/mol. The molecule has 0 bridgehead atoms. The standard InChI is InChI=1S/C37H35N3O5S/c1-7-45-36(42)33-23(3)38-37-40(34(33)27-15-18-30(43-5)31(20-27)44-6)35(41)32(46-37)21-28-19-22(2)39(24(28)4)29-16-13-26(14-17-29)25-11-9-8-10-12-25/h8-21,34H,7H2,1-6H3/b32-21-/t34-/m0/s1. The summed E-state index contributed by atoms with van der Waals surface area (Å²) in [5, 5.41) is 0. The Bertz CT molecular complexity index is 2160. The fourth-order valence-electron chi connectivity index (χ4n) is 6.04. The van der Waals surface area contributed by atoms with Crippen LogP contribution in [0.4, 0.5) is 0 Å². The maximum atomic E-state index is 14.2. The highest BCUT2D eigenvalue weighted by Gasteiger charge is 2.34. The molecule has 5 aromatic rings. The minimum Gasteiger partial charge on any atom is -0.493 e. The largest absolute Gasteiger partial charge is 0.493 e. The number of allylic oxidation sites excluding steroid dienone is 1. The molecule has 1 aliphatic rings. The molecule has 0 N–H and O–H groups in total. The van der Waals surface area contributed by atoms with Crippen molar-refractivity contribution in [3.05, 3.63) is 132 Å². The highest BCUT2D eigenvalue weighted by atomic mass is 32.1. The van der Waals surface area contributed by atoms with Crippen LogP contribution in [0.1, 0.15) is 42.4 Å². The van der Waals surface area contributed by atoms with Crippen molar-refractivity contribution in [3.63, 3.8) is 0 Å². The number of carbonyl (C=O) groups is 1. The number of esters is 1. The van der Waals surface area contributed by atoms with Crippen LogP contribution >= 0.6 is 11.3 Å². The van der Waals surface area contributed by atoms with Gasteiger partial charge in [0.15, 0.2) is 16.3 Å². The van der Waals surface area contributed by atoms with Gasteiger partial charge in [0.25, 0.3) is 5.56 Å². The zero-order valence-electron chi connectivity index (χ0n) is 26.7. The molecule has 0 aliphatic carbocycles. The second-order valence-corrected chi connectivity index (χ2v) is 12.0. The molecule has 1 aliphatic heterocycles. The summed E-state index contributed by atoms with van der Waals surface area (Å²) >= 11 is 1.30. The number of methoxy groups -OCH3 is 2. The molecule has 3 aromatic carbocycles. The molecule has 9 heteroatoms. The van der Waals surface area contributed by atoms with E-state index in [9.17, 15) is 9.59 Å². The third-order valence-corrected chi connectivity index (χ3v) is 9.21. The quantitative estimate of drug-likeness (QED) is 0.199. The summed E-state index contributed by atoms with van der Waals surface area (Å²) < 4.78 is 20.7. The van der Waals surface area contributed by atoms with Gasteiger partial charge in [0.1, 0.15) is 0 Å². The Balaban J connectivity index is 1.46. The highest BCUT2D eigenvalue weighted by Crippen LogP contribution is 2.36. The van der Waals surface area contributed by atoms with Gasteiger partial charge < -0.3 is 18.8 Å². The van der Waals surface area contributed by atoms with Crippen LogP contribution in [-0.4, -0.2) is 35.9 Å². The Morgan fingerprint density at radius 3 is 2.28 bits per heavy atom. The van der Waals surface area contributed by atoms with Crippen LogP contribution in [0.25, 0.3) is 22.9 Å². The summed E-state index contributed by atoms with van der Waals surface area (Å²) in [7, 11) is 3.11. The lowest BCUT2D eigenvalue weighted by atomic mass is 9.95. The summed E-state index contributed by atoms with van der Waals surface area (Å²) in [5.41, 5.74) is 7.59. The predicted octanol–water partition coefficient (Wildman–Crippen LogP) is 5.89. The lowest BCUT2D eigenvalue weighted by molar-refractivity contribution is -0.139. The van der Waals surface area contributed by atoms with Crippen molar-refractivity contribution in [2.24, 2.45) is 4.99 Å². The smallest absolute Gasteiger partial charge is 0.338 e. The molecule has 8 nitrogen and oxygen atoms in total. The van der Waals surface area contributed by atoms with Crippen molar-refractivity contribution in [3.8, 4) is 28.3 Å². The average Bonchev–Trinajstić information content (AvgIpc) is 3.53. The fraction of sp³-hybridized carbons (Fsp3) is 0.216. The van der Waals surface area contributed by atoms with Gasteiger partial charge in [-0.1, -0.05) is 59.9 Å². The maximum absolute atomic E-state index is 14.2. The number of rotatable bonds is 8. The first-order valence-corrected chi connectivity index (χ1v) is 15.8. The second-order valence-electron chi connectivity index (χ2n) is 11.0. The van der Waals surface area contributed by atoms with Crippen LogP contribution in [0, 0.1) is 13.8 Å². The van der Waals surface area contributed by atoms with Crippen LogP contribution in [0.2, 0.25) is 0 Å². The molecule has 0 spiro atoms. The number of aromatic nitrogens is 2. The van der Waals surface area contributed by atoms with E-state index < -0.39 is 12.0 Å².